The number of hydrogen-bond donors (Lipinski definition) is 1. The number of aryl methyl sites for hydroxylation is 1. The van der Waals surface area contributed by atoms with Crippen LogP contribution in [0.3, 0.4) is 0 Å². The van der Waals surface area contributed by atoms with E-state index in [1.807, 2.05) is 0 Å². The molecule has 0 radical (unpaired) electrons. The molecule has 0 bridgehead atoms. The van der Waals surface area contributed by atoms with Crippen LogP contribution in [-0.4, -0.2) is 42.6 Å². The first-order chi connectivity index (χ1) is 9.69. The molecule has 1 aromatic heterocycles. The molecule has 5 heteroatoms. The molecule has 1 aromatic rings. The summed E-state index contributed by atoms with van der Waals surface area (Å²) in [5.41, 5.74) is 7.07. The van der Waals surface area contributed by atoms with Crippen molar-refractivity contribution in [3.05, 3.63) is 10.6 Å². The van der Waals surface area contributed by atoms with Crippen LogP contribution < -0.4 is 10.6 Å². The molecule has 0 aliphatic carbocycles. The molecular weight excluding hydrogens is 268 g/mol. The number of hydrogen-bond acceptors (Lipinski definition) is 5. The van der Waals surface area contributed by atoms with Gasteiger partial charge in [-0.15, -0.1) is 11.3 Å². The van der Waals surface area contributed by atoms with Crippen LogP contribution in [0.5, 0.6) is 0 Å². The molecule has 1 aliphatic heterocycles. The van der Waals surface area contributed by atoms with E-state index in [0.717, 1.165) is 18.0 Å². The maximum absolute atomic E-state index is 5.85. The fraction of sp³-hybridized carbons (Fsp3) is 0.800. The fourth-order valence-electron chi connectivity index (χ4n) is 2.89. The zero-order valence-corrected chi connectivity index (χ0v) is 13.9. The lowest BCUT2D eigenvalue weighted by Crippen LogP contribution is -2.43. The van der Waals surface area contributed by atoms with E-state index in [4.69, 9.17) is 10.7 Å². The first kappa shape index (κ1) is 15.7. The van der Waals surface area contributed by atoms with Crippen LogP contribution in [0, 0.1) is 0 Å². The molecule has 4 nitrogen and oxygen atoms in total. The number of thiazole rings is 1. The Morgan fingerprint density at radius 1 is 1.35 bits per heavy atom. The van der Waals surface area contributed by atoms with Gasteiger partial charge in [0.05, 0.1) is 5.69 Å². The minimum Gasteiger partial charge on any atom is -0.348 e. The monoisotopic (exact) mass is 296 g/mol. The Labute approximate surface area is 127 Å². The van der Waals surface area contributed by atoms with Gasteiger partial charge in [-0.25, -0.2) is 4.98 Å². The maximum Gasteiger partial charge on any atom is 0.185 e. The number of nitrogens with two attached hydrogens (primary N) is 1. The second-order valence-corrected chi connectivity index (χ2v) is 6.66. The highest BCUT2D eigenvalue weighted by Gasteiger charge is 2.24. The van der Waals surface area contributed by atoms with Crippen molar-refractivity contribution in [3.63, 3.8) is 0 Å². The van der Waals surface area contributed by atoms with Gasteiger partial charge in [0.15, 0.2) is 5.13 Å². The third-order valence-electron chi connectivity index (χ3n) is 4.29. The third-order valence-corrected chi connectivity index (χ3v) is 5.50. The number of anilines is 1. The minimum atomic E-state index is 0.620. The highest BCUT2D eigenvalue weighted by atomic mass is 32.1. The van der Waals surface area contributed by atoms with Gasteiger partial charge < -0.3 is 15.5 Å². The quantitative estimate of drug-likeness (QED) is 0.876. The second-order valence-electron chi connectivity index (χ2n) is 5.60. The topological polar surface area (TPSA) is 45.4 Å². The average Bonchev–Trinajstić information content (AvgIpc) is 2.90. The van der Waals surface area contributed by atoms with Gasteiger partial charge in [-0.3, -0.25) is 0 Å². The minimum absolute atomic E-state index is 0.620. The van der Waals surface area contributed by atoms with E-state index in [1.165, 1.54) is 43.0 Å². The summed E-state index contributed by atoms with van der Waals surface area (Å²) < 4.78 is 0. The van der Waals surface area contributed by atoms with E-state index in [2.05, 4.69) is 30.7 Å². The molecule has 0 amide bonds. The molecule has 20 heavy (non-hydrogen) atoms. The Balaban J connectivity index is 2.03. The van der Waals surface area contributed by atoms with E-state index in [0.29, 0.717) is 12.6 Å². The van der Waals surface area contributed by atoms with Crippen molar-refractivity contribution in [2.45, 2.75) is 52.1 Å². The first-order valence-corrected chi connectivity index (χ1v) is 8.65. The summed E-state index contributed by atoms with van der Waals surface area (Å²) in [4.78, 5) is 11.0. The largest absolute Gasteiger partial charge is 0.348 e. The van der Waals surface area contributed by atoms with Crippen LogP contribution in [0.4, 0.5) is 5.13 Å². The zero-order valence-electron chi connectivity index (χ0n) is 13.1. The molecule has 2 rings (SSSR count). The predicted molar refractivity (Wildman–Crippen MR) is 87.5 cm³/mol. The average molecular weight is 296 g/mol. The summed E-state index contributed by atoms with van der Waals surface area (Å²) in [5.74, 6) is 0. The third kappa shape index (κ3) is 3.51. The standard InChI is InChI=1S/C15H28N4S/c1-4-6-13-14(11-16)20-15(17-13)18(3)12-7-9-19(5-2)10-8-12/h12H,4-11,16H2,1-3H3. The highest BCUT2D eigenvalue weighted by molar-refractivity contribution is 7.15. The van der Waals surface area contributed by atoms with Crippen molar-refractivity contribution < 1.29 is 0 Å². The molecule has 1 aliphatic rings. The van der Waals surface area contributed by atoms with Crippen molar-refractivity contribution in [2.24, 2.45) is 5.73 Å². The molecule has 1 saturated heterocycles. The van der Waals surface area contributed by atoms with Gasteiger partial charge >= 0.3 is 0 Å². The van der Waals surface area contributed by atoms with E-state index < -0.39 is 0 Å². The molecule has 2 N–H and O–H groups in total. The molecule has 1 fully saturated rings. The Morgan fingerprint density at radius 2 is 2.05 bits per heavy atom. The second kappa shape index (κ2) is 7.38. The Kier molecular flexibility index (Phi) is 5.81. The first-order valence-electron chi connectivity index (χ1n) is 7.83. The van der Waals surface area contributed by atoms with Crippen LogP contribution >= 0.6 is 11.3 Å². The lowest BCUT2D eigenvalue weighted by Gasteiger charge is -2.36. The van der Waals surface area contributed by atoms with Crippen LogP contribution in [-0.2, 0) is 13.0 Å². The maximum atomic E-state index is 5.85. The molecule has 0 unspecified atom stereocenters. The Hall–Kier alpha value is -0.650. The lowest BCUT2D eigenvalue weighted by atomic mass is 10.0. The van der Waals surface area contributed by atoms with E-state index in [1.54, 1.807) is 11.3 Å². The molecule has 0 atom stereocenters. The summed E-state index contributed by atoms with van der Waals surface area (Å²) in [6, 6.07) is 0.629. The van der Waals surface area contributed by atoms with Gasteiger partial charge in [0.25, 0.3) is 0 Å². The summed E-state index contributed by atoms with van der Waals surface area (Å²) in [5, 5.41) is 1.16. The molecule has 0 aromatic carbocycles. The van der Waals surface area contributed by atoms with Gasteiger partial charge in [-0.05, 0) is 25.8 Å². The summed E-state index contributed by atoms with van der Waals surface area (Å²) in [6.45, 7) is 8.66. The summed E-state index contributed by atoms with van der Waals surface area (Å²) in [7, 11) is 2.20. The predicted octanol–water partition coefficient (Wildman–Crippen LogP) is 2.47. The number of nitrogens with zero attached hydrogens (tertiary/aromatic N) is 3. The van der Waals surface area contributed by atoms with Gasteiger partial charge in [-0.2, -0.15) is 0 Å². The molecule has 0 saturated carbocycles. The van der Waals surface area contributed by atoms with Crippen molar-refractivity contribution in [1.29, 1.82) is 0 Å². The zero-order chi connectivity index (χ0) is 14.5. The summed E-state index contributed by atoms with van der Waals surface area (Å²) in [6.07, 6.45) is 4.66. The Morgan fingerprint density at radius 3 is 2.60 bits per heavy atom. The number of likely N-dealkylation sites (tertiary alicyclic amines) is 1. The van der Waals surface area contributed by atoms with Crippen molar-refractivity contribution in [1.82, 2.24) is 9.88 Å². The van der Waals surface area contributed by atoms with Crippen molar-refractivity contribution in [2.75, 3.05) is 31.6 Å². The normalized spacial score (nSPS) is 17.6. The highest BCUT2D eigenvalue weighted by Crippen LogP contribution is 2.29. The van der Waals surface area contributed by atoms with E-state index >= 15 is 0 Å². The molecule has 2 heterocycles. The van der Waals surface area contributed by atoms with Gasteiger partial charge in [0.1, 0.15) is 0 Å². The van der Waals surface area contributed by atoms with Crippen molar-refractivity contribution >= 4 is 16.5 Å². The smallest absolute Gasteiger partial charge is 0.185 e. The number of piperidine rings is 1. The number of rotatable bonds is 6. The molecule has 114 valence electrons. The van der Waals surface area contributed by atoms with Crippen LogP contribution in [0.25, 0.3) is 0 Å². The SMILES string of the molecule is CCCc1nc(N(C)C2CCN(CC)CC2)sc1CN. The molecular formula is C15H28N4S. The van der Waals surface area contributed by atoms with Crippen LogP contribution in [0.2, 0.25) is 0 Å². The van der Waals surface area contributed by atoms with Crippen molar-refractivity contribution in [3.8, 4) is 0 Å². The van der Waals surface area contributed by atoms with Crippen LogP contribution in [0.15, 0.2) is 0 Å². The van der Waals surface area contributed by atoms with Gasteiger partial charge in [0.2, 0.25) is 0 Å². The fourth-order valence-corrected chi connectivity index (χ4v) is 3.91. The Bertz CT molecular complexity index is 410. The molecule has 0 spiro atoms. The summed E-state index contributed by atoms with van der Waals surface area (Å²) >= 11 is 1.78. The number of aromatic nitrogens is 1. The van der Waals surface area contributed by atoms with Gasteiger partial charge in [-0.1, -0.05) is 20.3 Å². The van der Waals surface area contributed by atoms with E-state index in [9.17, 15) is 0 Å². The lowest BCUT2D eigenvalue weighted by molar-refractivity contribution is 0.221. The van der Waals surface area contributed by atoms with Gasteiger partial charge in [0, 0.05) is 37.6 Å². The van der Waals surface area contributed by atoms with Crippen LogP contribution in [0.1, 0.15) is 43.7 Å². The van der Waals surface area contributed by atoms with E-state index in [-0.39, 0.29) is 0 Å².